The molecule has 2 aromatic rings. The molecule has 2 rings (SSSR count). The Labute approximate surface area is 152 Å². The molecule has 0 radical (unpaired) electrons. The lowest BCUT2D eigenvalue weighted by molar-refractivity contribution is 0.279. The van der Waals surface area contributed by atoms with Crippen molar-refractivity contribution in [1.82, 2.24) is 0 Å². The summed E-state index contributed by atoms with van der Waals surface area (Å²) in [6.07, 6.45) is 3.18. The van der Waals surface area contributed by atoms with Crippen LogP contribution in [0.3, 0.4) is 0 Å². The van der Waals surface area contributed by atoms with Crippen LogP contribution in [0.5, 0.6) is 11.5 Å². The molecule has 0 saturated carbocycles. The van der Waals surface area contributed by atoms with Gasteiger partial charge in [0.2, 0.25) is 0 Å². The average Bonchev–Trinajstić information content (AvgIpc) is 2.61. The highest BCUT2D eigenvalue weighted by atomic mass is 16.5. The van der Waals surface area contributed by atoms with Crippen molar-refractivity contribution in [3.05, 3.63) is 48.5 Å². The monoisotopic (exact) mass is 342 g/mol. The maximum absolute atomic E-state index is 5.78. The molecule has 0 aliphatic rings. The minimum Gasteiger partial charge on any atom is -0.494 e. The highest BCUT2D eigenvalue weighted by Crippen LogP contribution is 2.19. The van der Waals surface area contributed by atoms with Crippen molar-refractivity contribution in [3.63, 3.8) is 0 Å². The Morgan fingerprint density at radius 1 is 0.560 bits per heavy atom. The number of nitrogens with zero attached hydrogens (tertiary/aromatic N) is 2. The first-order chi connectivity index (χ1) is 12.1. The topological polar surface area (TPSA) is 24.9 Å². The molecule has 0 aliphatic heterocycles. The smallest absolute Gasteiger partial charge is 0.119 e. The predicted octanol–water partition coefficient (Wildman–Crippen LogP) is 4.45. The zero-order valence-electron chi connectivity index (χ0n) is 15.9. The molecule has 0 amide bonds. The van der Waals surface area contributed by atoms with Gasteiger partial charge in [-0.15, -0.1) is 0 Å². The van der Waals surface area contributed by atoms with Gasteiger partial charge in [0.1, 0.15) is 11.5 Å². The summed E-state index contributed by atoms with van der Waals surface area (Å²) in [5.41, 5.74) is 2.37. The van der Waals surface area contributed by atoms with Crippen LogP contribution in [0.25, 0.3) is 0 Å². The fourth-order valence-corrected chi connectivity index (χ4v) is 2.44. The maximum Gasteiger partial charge on any atom is 0.119 e. The van der Waals surface area contributed by atoms with Gasteiger partial charge in [-0.2, -0.15) is 0 Å². The van der Waals surface area contributed by atoms with Crippen LogP contribution in [-0.2, 0) is 0 Å². The first-order valence-electron chi connectivity index (χ1n) is 8.86. The molecule has 4 heteroatoms. The molecule has 0 N–H and O–H groups in total. The van der Waals surface area contributed by atoms with E-state index in [1.165, 1.54) is 11.4 Å². The molecule has 0 spiro atoms. The van der Waals surface area contributed by atoms with Crippen LogP contribution in [-0.4, -0.2) is 41.4 Å². The Bertz CT molecular complexity index is 551. The van der Waals surface area contributed by atoms with Crippen molar-refractivity contribution in [2.75, 3.05) is 51.2 Å². The molecular formula is C21H30N2O2. The van der Waals surface area contributed by atoms with Crippen LogP contribution < -0.4 is 19.3 Å². The van der Waals surface area contributed by atoms with Gasteiger partial charge in [0.05, 0.1) is 13.2 Å². The molecule has 0 aliphatic carbocycles. The standard InChI is InChI=1S/C21H30N2O2/c1-22(2)18-8-12-20(13-9-18)24-16-6-5-7-17-25-21-14-10-19(11-15-21)23(3)4/h8-15H,5-7,16-17H2,1-4H3. The Morgan fingerprint density at radius 3 is 1.24 bits per heavy atom. The highest BCUT2D eigenvalue weighted by molar-refractivity contribution is 5.48. The van der Waals surface area contributed by atoms with E-state index in [0.29, 0.717) is 0 Å². The van der Waals surface area contributed by atoms with E-state index in [-0.39, 0.29) is 0 Å². The lowest BCUT2D eigenvalue weighted by atomic mass is 10.2. The molecule has 0 heterocycles. The molecule has 0 fully saturated rings. The predicted molar refractivity (Wildman–Crippen MR) is 106 cm³/mol. The third-order valence-corrected chi connectivity index (χ3v) is 4.03. The summed E-state index contributed by atoms with van der Waals surface area (Å²) in [7, 11) is 8.15. The number of ether oxygens (including phenoxy) is 2. The third-order valence-electron chi connectivity index (χ3n) is 4.03. The summed E-state index contributed by atoms with van der Waals surface area (Å²) in [5.74, 6) is 1.87. The van der Waals surface area contributed by atoms with Gasteiger partial charge in [0, 0.05) is 39.6 Å². The average molecular weight is 342 g/mol. The largest absolute Gasteiger partial charge is 0.494 e. The summed E-state index contributed by atoms with van der Waals surface area (Å²) in [4.78, 5) is 4.16. The fourth-order valence-electron chi connectivity index (χ4n) is 2.44. The minimum absolute atomic E-state index is 0.749. The molecular weight excluding hydrogens is 312 g/mol. The highest BCUT2D eigenvalue weighted by Gasteiger charge is 1.99. The van der Waals surface area contributed by atoms with E-state index >= 15 is 0 Å². The zero-order chi connectivity index (χ0) is 18.1. The van der Waals surface area contributed by atoms with Crippen molar-refractivity contribution < 1.29 is 9.47 Å². The van der Waals surface area contributed by atoms with Crippen LogP contribution in [0.2, 0.25) is 0 Å². The molecule has 0 saturated heterocycles. The lowest BCUT2D eigenvalue weighted by Gasteiger charge is -2.13. The number of hydrogen-bond donors (Lipinski definition) is 0. The number of rotatable bonds is 10. The second-order valence-electron chi connectivity index (χ2n) is 6.53. The molecule has 25 heavy (non-hydrogen) atoms. The van der Waals surface area contributed by atoms with E-state index in [1.54, 1.807) is 0 Å². The second-order valence-corrected chi connectivity index (χ2v) is 6.53. The van der Waals surface area contributed by atoms with E-state index in [2.05, 4.69) is 34.1 Å². The van der Waals surface area contributed by atoms with Gasteiger partial charge in [0.25, 0.3) is 0 Å². The Morgan fingerprint density at radius 2 is 0.920 bits per heavy atom. The SMILES string of the molecule is CN(C)c1ccc(OCCCCCOc2ccc(N(C)C)cc2)cc1. The minimum atomic E-state index is 0.749. The Balaban J connectivity index is 1.56. The molecule has 0 atom stereocenters. The van der Waals surface area contributed by atoms with Crippen LogP contribution in [0.15, 0.2) is 48.5 Å². The first-order valence-corrected chi connectivity index (χ1v) is 8.86. The van der Waals surface area contributed by atoms with Gasteiger partial charge in [-0.05, 0) is 67.8 Å². The summed E-state index contributed by atoms with van der Waals surface area (Å²) in [5, 5.41) is 0. The van der Waals surface area contributed by atoms with Crippen LogP contribution in [0.1, 0.15) is 19.3 Å². The Hall–Kier alpha value is -2.36. The first kappa shape index (κ1) is 19.0. The van der Waals surface area contributed by atoms with Crippen molar-refractivity contribution in [1.29, 1.82) is 0 Å². The quantitative estimate of drug-likeness (QED) is 0.596. The van der Waals surface area contributed by atoms with Gasteiger partial charge in [0.15, 0.2) is 0 Å². The normalized spacial score (nSPS) is 10.4. The number of anilines is 2. The lowest BCUT2D eigenvalue weighted by Crippen LogP contribution is -2.08. The van der Waals surface area contributed by atoms with E-state index in [9.17, 15) is 0 Å². The zero-order valence-corrected chi connectivity index (χ0v) is 15.9. The summed E-state index contributed by atoms with van der Waals surface area (Å²) in [6, 6.07) is 16.4. The molecule has 0 bridgehead atoms. The van der Waals surface area contributed by atoms with Gasteiger partial charge in [-0.1, -0.05) is 0 Å². The van der Waals surface area contributed by atoms with Gasteiger partial charge in [-0.25, -0.2) is 0 Å². The maximum atomic E-state index is 5.78. The van der Waals surface area contributed by atoms with Crippen molar-refractivity contribution in [2.24, 2.45) is 0 Å². The van der Waals surface area contributed by atoms with E-state index in [1.807, 2.05) is 52.5 Å². The van der Waals surface area contributed by atoms with E-state index < -0.39 is 0 Å². The molecule has 136 valence electrons. The van der Waals surface area contributed by atoms with Crippen LogP contribution in [0.4, 0.5) is 11.4 Å². The summed E-state index contributed by atoms with van der Waals surface area (Å²) < 4.78 is 11.6. The molecule has 0 unspecified atom stereocenters. The summed E-state index contributed by atoms with van der Waals surface area (Å²) in [6.45, 7) is 1.50. The van der Waals surface area contributed by atoms with E-state index in [0.717, 1.165) is 44.0 Å². The Kier molecular flexibility index (Phi) is 7.45. The number of benzene rings is 2. The molecule has 2 aromatic carbocycles. The second kappa shape index (κ2) is 9.82. The van der Waals surface area contributed by atoms with Gasteiger partial charge < -0.3 is 19.3 Å². The van der Waals surface area contributed by atoms with Gasteiger partial charge >= 0.3 is 0 Å². The van der Waals surface area contributed by atoms with E-state index in [4.69, 9.17) is 9.47 Å². The van der Waals surface area contributed by atoms with Crippen molar-refractivity contribution in [2.45, 2.75) is 19.3 Å². The summed E-state index contributed by atoms with van der Waals surface area (Å²) >= 11 is 0. The third kappa shape index (κ3) is 6.57. The van der Waals surface area contributed by atoms with Crippen LogP contribution >= 0.6 is 0 Å². The molecule has 0 aromatic heterocycles. The fraction of sp³-hybridized carbons (Fsp3) is 0.429. The number of unbranched alkanes of at least 4 members (excludes halogenated alkanes) is 2. The number of hydrogen-bond acceptors (Lipinski definition) is 4. The molecule has 4 nitrogen and oxygen atoms in total. The van der Waals surface area contributed by atoms with Crippen LogP contribution in [0, 0.1) is 0 Å². The van der Waals surface area contributed by atoms with Crippen molar-refractivity contribution >= 4 is 11.4 Å². The van der Waals surface area contributed by atoms with Crippen molar-refractivity contribution in [3.8, 4) is 11.5 Å². The van der Waals surface area contributed by atoms with Gasteiger partial charge in [-0.3, -0.25) is 0 Å².